The smallest absolute Gasteiger partial charge is 0.110 e. The van der Waals surface area contributed by atoms with Crippen molar-refractivity contribution in [3.8, 4) is 23.1 Å². The predicted octanol–water partition coefficient (Wildman–Crippen LogP) is 4.42. The summed E-state index contributed by atoms with van der Waals surface area (Å²) in [5.74, 6) is 7.46. The number of rotatable bonds is 8. The van der Waals surface area contributed by atoms with Gasteiger partial charge in [-0.1, -0.05) is 35.6 Å². The lowest BCUT2D eigenvalue weighted by atomic mass is 10.1. The van der Waals surface area contributed by atoms with E-state index in [1.54, 1.807) is 0 Å². The molecule has 2 aromatic carbocycles. The van der Waals surface area contributed by atoms with Gasteiger partial charge in [0.2, 0.25) is 0 Å². The molecule has 34 heavy (non-hydrogen) atoms. The fraction of sp³-hybridized carbons (Fsp3) is 0.286. The number of H-pyrrole nitrogens is 1. The molecule has 1 unspecified atom stereocenters. The average Bonchev–Trinajstić information content (AvgIpc) is 3.57. The maximum atomic E-state index is 5.64. The van der Waals surface area contributed by atoms with E-state index in [4.69, 9.17) is 5.73 Å². The van der Waals surface area contributed by atoms with Crippen LogP contribution in [0.15, 0.2) is 65.3 Å². The van der Waals surface area contributed by atoms with Gasteiger partial charge in [0.25, 0.3) is 0 Å². The fourth-order valence-electron chi connectivity index (χ4n) is 3.90. The Morgan fingerprint density at radius 3 is 2.76 bits per heavy atom. The second-order valence-corrected chi connectivity index (χ2v) is 8.59. The summed E-state index contributed by atoms with van der Waals surface area (Å²) in [6.45, 7) is 8.26. The van der Waals surface area contributed by atoms with Gasteiger partial charge < -0.3 is 21.4 Å². The molecule has 0 saturated carbocycles. The van der Waals surface area contributed by atoms with Crippen LogP contribution in [0.3, 0.4) is 0 Å². The zero-order chi connectivity index (χ0) is 23.8. The molecule has 0 amide bonds. The zero-order valence-electron chi connectivity index (χ0n) is 19.7. The molecule has 1 fully saturated rings. The van der Waals surface area contributed by atoms with E-state index in [1.165, 1.54) is 12.8 Å². The Morgan fingerprint density at radius 1 is 1.24 bits per heavy atom. The van der Waals surface area contributed by atoms with E-state index in [0.29, 0.717) is 12.6 Å². The Morgan fingerprint density at radius 2 is 2.03 bits per heavy atom. The number of aromatic amines is 1. The molecule has 0 bridgehead atoms. The van der Waals surface area contributed by atoms with Gasteiger partial charge in [-0.15, -0.1) is 0 Å². The minimum absolute atomic E-state index is 0.503. The van der Waals surface area contributed by atoms with E-state index < -0.39 is 0 Å². The molecule has 3 aromatic rings. The Balaban J connectivity index is 1.42. The number of hydrogen-bond acceptors (Lipinski definition) is 5. The summed E-state index contributed by atoms with van der Waals surface area (Å²) in [5, 5.41) is 7.01. The van der Waals surface area contributed by atoms with Gasteiger partial charge in [0.05, 0.1) is 23.3 Å². The van der Waals surface area contributed by atoms with Crippen LogP contribution in [0.25, 0.3) is 11.3 Å². The molecule has 174 valence electrons. The Hall–Kier alpha value is -3.66. The van der Waals surface area contributed by atoms with Crippen molar-refractivity contribution < 1.29 is 0 Å². The Bertz CT molecular complexity index is 1200. The SMILES string of the molecule is C=Nc1ccc(C#Cc2ccc(-c3cnc(C/C=C(/C)CN)[nH]3)cc2)cc1NCC1CCCN1. The minimum Gasteiger partial charge on any atom is -0.382 e. The maximum Gasteiger partial charge on any atom is 0.110 e. The van der Waals surface area contributed by atoms with Gasteiger partial charge in [0.15, 0.2) is 0 Å². The first-order chi connectivity index (χ1) is 16.6. The summed E-state index contributed by atoms with van der Waals surface area (Å²) < 4.78 is 0. The second-order valence-electron chi connectivity index (χ2n) is 8.59. The number of nitrogens with zero attached hydrogens (tertiary/aromatic N) is 2. The lowest BCUT2D eigenvalue weighted by Gasteiger charge is -2.14. The van der Waals surface area contributed by atoms with Crippen LogP contribution < -0.4 is 16.4 Å². The van der Waals surface area contributed by atoms with Gasteiger partial charge in [-0.3, -0.25) is 4.99 Å². The molecule has 1 atom stereocenters. The highest BCUT2D eigenvalue weighted by Gasteiger charge is 2.14. The monoisotopic (exact) mass is 452 g/mol. The van der Waals surface area contributed by atoms with Crippen molar-refractivity contribution in [2.45, 2.75) is 32.2 Å². The largest absolute Gasteiger partial charge is 0.382 e. The number of nitrogens with two attached hydrogens (primary N) is 1. The van der Waals surface area contributed by atoms with Gasteiger partial charge >= 0.3 is 0 Å². The molecule has 6 nitrogen and oxygen atoms in total. The molecule has 2 heterocycles. The normalized spacial score (nSPS) is 15.6. The third-order valence-electron chi connectivity index (χ3n) is 6.01. The van der Waals surface area contributed by atoms with Crippen LogP contribution in [-0.2, 0) is 6.42 Å². The highest BCUT2D eigenvalue weighted by atomic mass is 15.0. The van der Waals surface area contributed by atoms with Gasteiger partial charge in [-0.05, 0) is 68.9 Å². The van der Waals surface area contributed by atoms with E-state index >= 15 is 0 Å². The fourth-order valence-corrected chi connectivity index (χ4v) is 3.90. The number of allylic oxidation sites excluding steroid dienone is 1. The molecule has 5 N–H and O–H groups in total. The molecular formula is C28H32N6. The average molecular weight is 453 g/mol. The minimum atomic E-state index is 0.503. The van der Waals surface area contributed by atoms with E-state index in [9.17, 15) is 0 Å². The standard InChI is InChI=1S/C28H32N6/c1-20(17-29)5-14-28-33-19-27(34-28)23-11-8-21(9-12-23)6-7-22-10-13-25(30-2)26(16-22)32-18-24-4-3-15-31-24/h5,8-13,16,19,24,31-32H,2-4,14-15,17-18,29H2,1H3,(H,33,34)/b20-5-. The molecule has 0 spiro atoms. The molecule has 1 aromatic heterocycles. The third-order valence-corrected chi connectivity index (χ3v) is 6.01. The van der Waals surface area contributed by atoms with Crippen LogP contribution >= 0.6 is 0 Å². The van der Waals surface area contributed by atoms with Crippen LogP contribution in [0.1, 0.15) is 36.7 Å². The van der Waals surface area contributed by atoms with Crippen molar-refractivity contribution in [1.82, 2.24) is 15.3 Å². The summed E-state index contributed by atoms with van der Waals surface area (Å²) >= 11 is 0. The van der Waals surface area contributed by atoms with Gasteiger partial charge in [0, 0.05) is 36.7 Å². The van der Waals surface area contributed by atoms with Crippen LogP contribution in [-0.4, -0.2) is 42.4 Å². The Kier molecular flexibility index (Phi) is 7.92. The summed E-state index contributed by atoms with van der Waals surface area (Å²) in [6, 6.07) is 14.7. The number of aromatic nitrogens is 2. The highest BCUT2D eigenvalue weighted by Crippen LogP contribution is 2.26. The summed E-state index contributed by atoms with van der Waals surface area (Å²) in [6.07, 6.45) is 7.15. The molecule has 1 aliphatic heterocycles. The quantitative estimate of drug-likeness (QED) is 0.231. The lowest BCUT2D eigenvalue weighted by molar-refractivity contribution is 0.633. The van der Waals surface area contributed by atoms with Crippen molar-refractivity contribution in [2.24, 2.45) is 10.7 Å². The first-order valence-electron chi connectivity index (χ1n) is 11.7. The van der Waals surface area contributed by atoms with Crippen molar-refractivity contribution in [3.05, 3.63) is 77.3 Å². The molecule has 6 heteroatoms. The van der Waals surface area contributed by atoms with E-state index in [-0.39, 0.29) is 0 Å². The number of benzene rings is 2. The van der Waals surface area contributed by atoms with E-state index in [1.807, 2.05) is 43.5 Å². The van der Waals surface area contributed by atoms with E-state index in [0.717, 1.165) is 64.7 Å². The topological polar surface area (TPSA) is 91.1 Å². The molecule has 0 aliphatic carbocycles. The maximum absolute atomic E-state index is 5.64. The summed E-state index contributed by atoms with van der Waals surface area (Å²) in [7, 11) is 0. The molecule has 1 aliphatic rings. The van der Waals surface area contributed by atoms with Crippen molar-refractivity contribution >= 4 is 18.1 Å². The number of nitrogens with one attached hydrogen (secondary N) is 3. The Labute approximate surface area is 201 Å². The number of anilines is 1. The highest BCUT2D eigenvalue weighted by molar-refractivity contribution is 5.70. The molecule has 4 rings (SSSR count). The van der Waals surface area contributed by atoms with Gasteiger partial charge in [-0.2, -0.15) is 0 Å². The summed E-state index contributed by atoms with van der Waals surface area (Å²) in [4.78, 5) is 12.0. The van der Waals surface area contributed by atoms with Crippen LogP contribution in [0, 0.1) is 11.8 Å². The molecular weight excluding hydrogens is 420 g/mol. The van der Waals surface area contributed by atoms with Crippen molar-refractivity contribution in [3.63, 3.8) is 0 Å². The van der Waals surface area contributed by atoms with Crippen LogP contribution in [0.2, 0.25) is 0 Å². The number of hydrogen-bond donors (Lipinski definition) is 4. The first kappa shape index (κ1) is 23.5. The van der Waals surface area contributed by atoms with Crippen molar-refractivity contribution in [1.29, 1.82) is 0 Å². The zero-order valence-corrected chi connectivity index (χ0v) is 19.7. The lowest BCUT2D eigenvalue weighted by Crippen LogP contribution is -2.29. The first-order valence-corrected chi connectivity index (χ1v) is 11.7. The summed E-state index contributed by atoms with van der Waals surface area (Å²) in [5.41, 5.74) is 12.6. The van der Waals surface area contributed by atoms with Gasteiger partial charge in [0.1, 0.15) is 5.82 Å². The molecule has 1 saturated heterocycles. The van der Waals surface area contributed by atoms with Gasteiger partial charge in [-0.25, -0.2) is 4.98 Å². The van der Waals surface area contributed by atoms with E-state index in [2.05, 4.69) is 62.4 Å². The van der Waals surface area contributed by atoms with Crippen molar-refractivity contribution in [2.75, 3.05) is 25.0 Å². The third kappa shape index (κ3) is 6.22. The predicted molar refractivity (Wildman–Crippen MR) is 142 cm³/mol. The second kappa shape index (κ2) is 11.5. The number of aliphatic imine (C=N–C) groups is 1. The number of imidazole rings is 1. The van der Waals surface area contributed by atoms with Crippen LogP contribution in [0.4, 0.5) is 11.4 Å². The molecule has 0 radical (unpaired) electrons. The van der Waals surface area contributed by atoms with Crippen LogP contribution in [0.5, 0.6) is 0 Å².